The van der Waals surface area contributed by atoms with Crippen molar-refractivity contribution in [3.8, 4) is 0 Å². The highest BCUT2D eigenvalue weighted by Gasteiger charge is 2.59. The number of azide groups is 2. The summed E-state index contributed by atoms with van der Waals surface area (Å²) >= 11 is 0. The van der Waals surface area contributed by atoms with Crippen LogP contribution < -0.4 is 20.7 Å². The molecule has 0 N–H and O–H groups in total. The first-order valence-electron chi connectivity index (χ1n) is 36.9. The molecule has 109 heavy (non-hydrogen) atoms. The van der Waals surface area contributed by atoms with Crippen LogP contribution in [0.25, 0.3) is 20.9 Å². The third-order valence-corrected chi connectivity index (χ3v) is 31.9. The van der Waals surface area contributed by atoms with Crippen LogP contribution in [0.1, 0.15) is 94.2 Å². The van der Waals surface area contributed by atoms with Crippen LogP contribution in [0, 0.1) is 17.8 Å². The highest BCUT2D eigenvalue weighted by atomic mass is 31.1. The van der Waals surface area contributed by atoms with Crippen molar-refractivity contribution in [1.82, 2.24) is 0 Å². The molecule has 0 saturated carbocycles. The number of hydrogen-bond donors (Lipinski definition) is 0. The molecule has 0 aromatic heterocycles. The van der Waals surface area contributed by atoms with Crippen LogP contribution >= 0.6 is 15.8 Å². The quantitative estimate of drug-likeness (QED) is 0.00948. The number of nitrogens with zero attached hydrogens (tertiary/aromatic N) is 6. The van der Waals surface area contributed by atoms with E-state index in [-0.39, 0.29) is 39.0 Å². The molecule has 0 aliphatic carbocycles. The van der Waals surface area contributed by atoms with Crippen LogP contribution in [0.15, 0.2) is 192 Å². The predicted molar refractivity (Wildman–Crippen MR) is 425 cm³/mol. The molecular weight excluding hydrogens is 1450 g/mol. The molecule has 0 spiro atoms. The fourth-order valence-electron chi connectivity index (χ4n) is 15.5. The normalized spacial score (nSPS) is 29.0. The summed E-state index contributed by atoms with van der Waals surface area (Å²) in [4.78, 5) is 32.7. The second kappa shape index (κ2) is 39.1. The van der Waals surface area contributed by atoms with Gasteiger partial charge in [-0.15, -0.1) is 0 Å². The Hall–Kier alpha value is -6.09. The number of esters is 2. The van der Waals surface area contributed by atoms with E-state index in [0.717, 1.165) is 31.9 Å². The van der Waals surface area contributed by atoms with Gasteiger partial charge in [-0.1, -0.05) is 270 Å². The van der Waals surface area contributed by atoms with Gasteiger partial charge in [-0.05, 0) is 59.9 Å². The molecule has 4 saturated heterocycles. The summed E-state index contributed by atoms with van der Waals surface area (Å²) < 4.78 is 105. The fourth-order valence-corrected chi connectivity index (χ4v) is 25.7. The second-order valence-electron chi connectivity index (χ2n) is 30.2. The lowest BCUT2D eigenvalue weighted by Gasteiger charge is -2.52. The summed E-state index contributed by atoms with van der Waals surface area (Å²) in [7, 11) is 14.8. The zero-order valence-corrected chi connectivity index (χ0v) is 67.7. The molecule has 23 nitrogen and oxygen atoms in total. The maximum atomic E-state index is 13.3. The fraction of sp³-hybridized carbons (Fsp3) is 0.513. The van der Waals surface area contributed by atoms with E-state index >= 15 is 0 Å². The van der Waals surface area contributed by atoms with Crippen LogP contribution in [0.2, 0.25) is 10.1 Å². The van der Waals surface area contributed by atoms with E-state index < -0.39 is 177 Å². The lowest BCUT2D eigenvalue weighted by molar-refractivity contribution is -0.364. The average molecular weight is 1550 g/mol. The van der Waals surface area contributed by atoms with Gasteiger partial charge >= 0.3 is 11.9 Å². The first-order valence-corrected chi connectivity index (χ1v) is 43.5. The number of ether oxygens (including phenoxy) is 11. The second-order valence-corrected chi connectivity index (χ2v) is 40.7. The Morgan fingerprint density at radius 1 is 0.422 bits per heavy atom. The SMILES string of the molecule is [B]P([B])O[C@@H]1C(N=[N+]=[N-])[C@@H](O[C@@H]2C(COC(C)=O)O[C@@H](O[C@@H]3C(CO[Si](c4ccccc4)(c4ccccc4)C(C)(C)C)O[C@H](O[C@@H]4C(COC(C)=O)O[C@@H](C)C(C)[C@H]4OCc4ccccc4)C(N=[N+]=[N-])[C@H]3OP([B])[B])C(C)[C@@H]2OCc2ccccc2)OC(CO[Si](c2ccccc2)(c2ccccc2)C(C)(C)C)[C@H]1C. The van der Waals surface area contributed by atoms with Crippen molar-refractivity contribution in [2.45, 2.75) is 211 Å². The Bertz CT molecular complexity index is 3860. The molecule has 6 aromatic carbocycles. The highest BCUT2D eigenvalue weighted by molar-refractivity contribution is 7.98. The zero-order chi connectivity index (χ0) is 78.2. The molecular formula is C78H98B4N6O17P2Si2. The number of benzene rings is 6. The van der Waals surface area contributed by atoms with E-state index in [1.54, 1.807) is 0 Å². The summed E-state index contributed by atoms with van der Waals surface area (Å²) in [5.41, 5.74) is 23.0. The van der Waals surface area contributed by atoms with Gasteiger partial charge in [-0.3, -0.25) is 9.59 Å². The van der Waals surface area contributed by atoms with Gasteiger partial charge in [0.05, 0.1) is 56.9 Å². The van der Waals surface area contributed by atoms with E-state index in [1.807, 2.05) is 161 Å². The molecule has 8 unspecified atom stereocenters. The number of rotatable bonds is 32. The van der Waals surface area contributed by atoms with Gasteiger partial charge < -0.3 is 70.0 Å². The minimum atomic E-state index is -3.51. The summed E-state index contributed by atoms with van der Waals surface area (Å²) in [6, 6.07) is 56.7. The topological polar surface area (TPSA) is 270 Å². The molecule has 0 bridgehead atoms. The molecule has 10 rings (SSSR count). The van der Waals surface area contributed by atoms with Crippen molar-refractivity contribution in [3.05, 3.63) is 214 Å². The van der Waals surface area contributed by atoms with Gasteiger partial charge in [-0.25, -0.2) is 0 Å². The maximum Gasteiger partial charge on any atom is 0.302 e. The van der Waals surface area contributed by atoms with Crippen LogP contribution in [0.4, 0.5) is 0 Å². The molecule has 8 radical (unpaired) electrons. The summed E-state index contributed by atoms with van der Waals surface area (Å²) in [5, 5.41) is 11.6. The van der Waals surface area contributed by atoms with Gasteiger partial charge in [0.2, 0.25) is 0 Å². The van der Waals surface area contributed by atoms with Gasteiger partial charge in [0.25, 0.3) is 16.6 Å². The Morgan fingerprint density at radius 2 is 0.743 bits per heavy atom. The largest absolute Gasteiger partial charge is 0.463 e. The minimum absolute atomic E-state index is 0.00298. The van der Waals surface area contributed by atoms with Crippen LogP contribution in [-0.4, -0.2) is 189 Å². The third-order valence-electron chi connectivity index (χ3n) is 20.9. The lowest BCUT2D eigenvalue weighted by Crippen LogP contribution is -2.69. The average Bonchev–Trinajstić information content (AvgIpc) is 0.750. The van der Waals surface area contributed by atoms with Crippen molar-refractivity contribution in [2.24, 2.45) is 28.0 Å². The molecule has 4 aliphatic rings. The van der Waals surface area contributed by atoms with Gasteiger partial charge in [0.15, 0.2) is 18.9 Å². The predicted octanol–water partition coefficient (Wildman–Crippen LogP) is 11.7. The smallest absolute Gasteiger partial charge is 0.302 e. The minimum Gasteiger partial charge on any atom is -0.463 e. The number of carbonyl (C=O) groups excluding carboxylic acids is 2. The van der Waals surface area contributed by atoms with Crippen LogP contribution in [0.3, 0.4) is 0 Å². The molecule has 31 heteroatoms. The Morgan fingerprint density at radius 3 is 1.13 bits per heavy atom. The number of hydrogen-bond acceptors (Lipinski definition) is 19. The lowest BCUT2D eigenvalue weighted by atomic mass is 9.88. The van der Waals surface area contributed by atoms with E-state index in [4.69, 9.17) is 100 Å². The van der Waals surface area contributed by atoms with Crippen molar-refractivity contribution < 1.29 is 79.6 Å². The maximum absolute atomic E-state index is 13.3. The molecule has 20 atom stereocenters. The highest BCUT2D eigenvalue weighted by Crippen LogP contribution is 2.47. The molecule has 0 amide bonds. The van der Waals surface area contributed by atoms with Crippen molar-refractivity contribution in [3.63, 3.8) is 0 Å². The van der Waals surface area contributed by atoms with Crippen molar-refractivity contribution in [2.75, 3.05) is 26.4 Å². The first kappa shape index (κ1) is 85.3. The van der Waals surface area contributed by atoms with Crippen molar-refractivity contribution >= 4 is 95.4 Å². The Kier molecular flexibility index (Phi) is 30.6. The number of carbonyl (C=O) groups is 2. The van der Waals surface area contributed by atoms with Gasteiger partial charge in [0.1, 0.15) is 98.3 Å². The monoisotopic (exact) mass is 1550 g/mol. The molecule has 4 aliphatic heterocycles. The molecule has 572 valence electrons. The molecule has 6 aromatic rings. The molecule has 4 heterocycles. The molecule has 4 fully saturated rings. The summed E-state index contributed by atoms with van der Waals surface area (Å²) in [6.07, 6.45) is -17.3. The first-order chi connectivity index (χ1) is 52.2. The van der Waals surface area contributed by atoms with E-state index in [0.29, 0.717) is 0 Å². The van der Waals surface area contributed by atoms with E-state index in [1.165, 1.54) is 13.8 Å². The van der Waals surface area contributed by atoms with Crippen LogP contribution in [-0.2, 0) is 92.8 Å². The zero-order valence-electron chi connectivity index (χ0n) is 63.9. The van der Waals surface area contributed by atoms with E-state index in [2.05, 4.69) is 110 Å². The van der Waals surface area contributed by atoms with Gasteiger partial charge in [-0.2, -0.15) is 0 Å². The Labute approximate surface area is 650 Å². The van der Waals surface area contributed by atoms with Crippen molar-refractivity contribution in [1.29, 1.82) is 0 Å². The Balaban J connectivity index is 1.09. The van der Waals surface area contributed by atoms with Gasteiger partial charge in [0, 0.05) is 41.4 Å². The van der Waals surface area contributed by atoms with E-state index in [9.17, 15) is 20.7 Å². The summed E-state index contributed by atoms with van der Waals surface area (Å²) in [6.45, 7) is 22.3. The third kappa shape index (κ3) is 20.7. The standard InChI is InChI=1S/C78H98B4N6O17P2Si2/c1-49-52(4)97-62(45-91-53(5)89)70(68(49)93-43-55-31-19-13-20-32-55)102-76-66(86-88-84)73(105-107(81)82)72(64(100-76)48-96-109(78(10,11)12,59-39-27-17-28-40-59)60-41-29-18-30-42-60)101-74-51(3)69(94-44-56-33-21-14-22-34-56)71(63(99-74)46-92-54(6)90)103-75-65(85-87-83)67(104-106(79)80)50(2)61(98-75)47-95-108(77(7,8)9,57-35-23-15-24-36-57)58-37-25-16-26-38-58/h13-42,49-52,61-76H,43-48H2,1-12H3/t49?,50-,51?,52+,61?,62?,63?,64?,65?,66?,67+,68-,69+,70-,71-,72-,73-,74+,75-,76-/m1/s1. The van der Waals surface area contributed by atoms with Crippen LogP contribution in [0.5, 0.6) is 0 Å². The summed E-state index contributed by atoms with van der Waals surface area (Å²) in [5.74, 6) is -3.05.